The molecule has 0 radical (unpaired) electrons. The van der Waals surface area contributed by atoms with Gasteiger partial charge in [0, 0.05) is 12.7 Å². The van der Waals surface area contributed by atoms with E-state index in [-0.39, 0.29) is 0 Å². The van der Waals surface area contributed by atoms with Crippen LogP contribution in [0.1, 0.15) is 17.9 Å². The van der Waals surface area contributed by atoms with Gasteiger partial charge in [0.25, 0.3) is 0 Å². The minimum absolute atomic E-state index is 0.658. The van der Waals surface area contributed by atoms with Crippen molar-refractivity contribution in [2.24, 2.45) is 0 Å². The van der Waals surface area contributed by atoms with Crippen LogP contribution in [0.2, 0.25) is 0 Å². The molecule has 1 aliphatic heterocycles. The first-order chi connectivity index (χ1) is 5.47. The number of rotatable bonds is 1. The number of hydrogen-bond acceptors (Lipinski definition) is 3. The number of nitrogens with one attached hydrogen (secondary N) is 1. The third-order valence-corrected chi connectivity index (χ3v) is 2.14. The highest BCUT2D eigenvalue weighted by atomic mass is 15.1. The van der Waals surface area contributed by atoms with E-state index in [0.717, 1.165) is 13.1 Å². The smallest absolute Gasteiger partial charge is 0.0531 e. The SMILES string of the molecule is c1cc(C2CCNC2)cnn1. The molecule has 0 amide bonds. The average Bonchev–Trinajstić information content (AvgIpc) is 2.58. The molecule has 1 aromatic rings. The molecule has 1 fully saturated rings. The van der Waals surface area contributed by atoms with Gasteiger partial charge in [-0.1, -0.05) is 0 Å². The summed E-state index contributed by atoms with van der Waals surface area (Å²) in [4.78, 5) is 0. The van der Waals surface area contributed by atoms with Crippen LogP contribution < -0.4 is 5.32 Å². The standard InChI is InChI=1S/C8H11N3/c1-3-9-5-7(1)8-2-4-10-11-6-8/h2,4,6-7,9H,1,3,5H2. The molecule has 0 saturated carbocycles. The quantitative estimate of drug-likeness (QED) is 0.633. The Bertz CT molecular complexity index is 216. The minimum atomic E-state index is 0.658. The summed E-state index contributed by atoms with van der Waals surface area (Å²) in [5.41, 5.74) is 1.31. The van der Waals surface area contributed by atoms with Gasteiger partial charge in [-0.2, -0.15) is 10.2 Å². The van der Waals surface area contributed by atoms with Crippen LogP contribution in [0.4, 0.5) is 0 Å². The first-order valence-corrected chi connectivity index (χ1v) is 3.94. The van der Waals surface area contributed by atoms with Crippen LogP contribution in [-0.2, 0) is 0 Å². The van der Waals surface area contributed by atoms with Crippen molar-refractivity contribution in [3.8, 4) is 0 Å². The molecule has 3 nitrogen and oxygen atoms in total. The molecule has 1 aromatic heterocycles. The van der Waals surface area contributed by atoms with Gasteiger partial charge in [-0.15, -0.1) is 0 Å². The summed E-state index contributed by atoms with van der Waals surface area (Å²) >= 11 is 0. The predicted molar refractivity (Wildman–Crippen MR) is 42.3 cm³/mol. The molecular formula is C8H11N3. The Labute approximate surface area is 65.8 Å². The summed E-state index contributed by atoms with van der Waals surface area (Å²) in [6, 6.07) is 2.05. The summed E-state index contributed by atoms with van der Waals surface area (Å²) in [5.74, 6) is 0.658. The van der Waals surface area contributed by atoms with Crippen molar-refractivity contribution in [3.63, 3.8) is 0 Å². The summed E-state index contributed by atoms with van der Waals surface area (Å²) < 4.78 is 0. The molecule has 2 heterocycles. The molecule has 58 valence electrons. The zero-order chi connectivity index (χ0) is 7.52. The fourth-order valence-electron chi connectivity index (χ4n) is 1.48. The molecule has 1 unspecified atom stereocenters. The second kappa shape index (κ2) is 2.96. The Balaban J connectivity index is 2.16. The van der Waals surface area contributed by atoms with Crippen LogP contribution in [0.15, 0.2) is 18.5 Å². The van der Waals surface area contributed by atoms with Crippen molar-refractivity contribution in [1.82, 2.24) is 15.5 Å². The number of aromatic nitrogens is 2. The lowest BCUT2D eigenvalue weighted by molar-refractivity contribution is 0.752. The highest BCUT2D eigenvalue weighted by Gasteiger charge is 2.15. The largest absolute Gasteiger partial charge is 0.316 e. The maximum atomic E-state index is 3.85. The van der Waals surface area contributed by atoms with E-state index in [0.29, 0.717) is 5.92 Å². The van der Waals surface area contributed by atoms with Gasteiger partial charge in [0.15, 0.2) is 0 Å². The average molecular weight is 149 g/mol. The molecule has 0 bridgehead atoms. The van der Waals surface area contributed by atoms with E-state index in [2.05, 4.69) is 15.5 Å². The second-order valence-electron chi connectivity index (χ2n) is 2.87. The zero-order valence-corrected chi connectivity index (χ0v) is 6.33. The van der Waals surface area contributed by atoms with Crippen molar-refractivity contribution in [2.75, 3.05) is 13.1 Å². The second-order valence-corrected chi connectivity index (χ2v) is 2.87. The van der Waals surface area contributed by atoms with Crippen LogP contribution in [0.3, 0.4) is 0 Å². The lowest BCUT2D eigenvalue weighted by atomic mass is 10.0. The van der Waals surface area contributed by atoms with Crippen LogP contribution in [-0.4, -0.2) is 23.3 Å². The minimum Gasteiger partial charge on any atom is -0.316 e. The van der Waals surface area contributed by atoms with Crippen molar-refractivity contribution < 1.29 is 0 Å². The Morgan fingerprint density at radius 2 is 2.45 bits per heavy atom. The molecule has 2 rings (SSSR count). The Morgan fingerprint density at radius 3 is 3.09 bits per heavy atom. The molecule has 1 aliphatic rings. The third kappa shape index (κ3) is 1.38. The van der Waals surface area contributed by atoms with Crippen molar-refractivity contribution in [2.45, 2.75) is 12.3 Å². The van der Waals surface area contributed by atoms with E-state index in [9.17, 15) is 0 Å². The maximum absolute atomic E-state index is 3.85. The van der Waals surface area contributed by atoms with Gasteiger partial charge < -0.3 is 5.32 Å². The molecule has 0 aromatic carbocycles. The Kier molecular flexibility index (Phi) is 1.81. The molecule has 1 atom stereocenters. The van der Waals surface area contributed by atoms with E-state index >= 15 is 0 Å². The van der Waals surface area contributed by atoms with Crippen LogP contribution in [0, 0.1) is 0 Å². The van der Waals surface area contributed by atoms with Crippen molar-refractivity contribution in [1.29, 1.82) is 0 Å². The summed E-state index contributed by atoms with van der Waals surface area (Å²) in [6.45, 7) is 2.22. The number of hydrogen-bond donors (Lipinski definition) is 1. The van der Waals surface area contributed by atoms with E-state index in [1.807, 2.05) is 12.3 Å². The van der Waals surface area contributed by atoms with Crippen molar-refractivity contribution >= 4 is 0 Å². The van der Waals surface area contributed by atoms with Crippen LogP contribution in [0.5, 0.6) is 0 Å². The number of nitrogens with zero attached hydrogens (tertiary/aromatic N) is 2. The monoisotopic (exact) mass is 149 g/mol. The molecule has 1 saturated heterocycles. The van der Waals surface area contributed by atoms with Crippen LogP contribution >= 0.6 is 0 Å². The molecule has 0 spiro atoms. The topological polar surface area (TPSA) is 37.8 Å². The van der Waals surface area contributed by atoms with E-state index in [1.165, 1.54) is 12.0 Å². The first-order valence-electron chi connectivity index (χ1n) is 3.94. The maximum Gasteiger partial charge on any atom is 0.0531 e. The van der Waals surface area contributed by atoms with Gasteiger partial charge in [0.05, 0.1) is 6.20 Å². The molecule has 3 heteroatoms. The van der Waals surface area contributed by atoms with Crippen LogP contribution in [0.25, 0.3) is 0 Å². The molecular weight excluding hydrogens is 138 g/mol. The summed E-state index contributed by atoms with van der Waals surface area (Å²) in [6.07, 6.45) is 4.84. The van der Waals surface area contributed by atoms with E-state index in [4.69, 9.17) is 0 Å². The fraction of sp³-hybridized carbons (Fsp3) is 0.500. The summed E-state index contributed by atoms with van der Waals surface area (Å²) in [5, 5.41) is 10.9. The molecule has 0 aliphatic carbocycles. The van der Waals surface area contributed by atoms with Gasteiger partial charge in [-0.25, -0.2) is 0 Å². The first kappa shape index (κ1) is 6.73. The highest BCUT2D eigenvalue weighted by molar-refractivity contribution is 5.14. The lowest BCUT2D eigenvalue weighted by Crippen LogP contribution is -2.08. The summed E-state index contributed by atoms with van der Waals surface area (Å²) in [7, 11) is 0. The fourth-order valence-corrected chi connectivity index (χ4v) is 1.48. The van der Waals surface area contributed by atoms with Crippen molar-refractivity contribution in [3.05, 3.63) is 24.0 Å². The zero-order valence-electron chi connectivity index (χ0n) is 6.33. The van der Waals surface area contributed by atoms with E-state index < -0.39 is 0 Å². The van der Waals surface area contributed by atoms with E-state index in [1.54, 1.807) is 6.20 Å². The van der Waals surface area contributed by atoms with Gasteiger partial charge in [0.1, 0.15) is 0 Å². The normalized spacial score (nSPS) is 23.8. The molecule has 1 N–H and O–H groups in total. The Hall–Kier alpha value is -0.960. The van der Waals surface area contributed by atoms with Gasteiger partial charge in [-0.3, -0.25) is 0 Å². The van der Waals surface area contributed by atoms with Gasteiger partial charge in [0.2, 0.25) is 0 Å². The Morgan fingerprint density at radius 1 is 1.45 bits per heavy atom. The van der Waals surface area contributed by atoms with Gasteiger partial charge in [-0.05, 0) is 30.5 Å². The third-order valence-electron chi connectivity index (χ3n) is 2.14. The molecule has 11 heavy (non-hydrogen) atoms. The highest BCUT2D eigenvalue weighted by Crippen LogP contribution is 2.19. The lowest BCUT2D eigenvalue weighted by Gasteiger charge is -2.05. The van der Waals surface area contributed by atoms with Gasteiger partial charge >= 0.3 is 0 Å². The predicted octanol–water partition coefficient (Wildman–Crippen LogP) is 0.553.